The summed E-state index contributed by atoms with van der Waals surface area (Å²) in [6, 6.07) is 8.41. The van der Waals surface area contributed by atoms with Crippen LogP contribution in [-0.4, -0.2) is 29.5 Å². The first kappa shape index (κ1) is 23.3. The average molecular weight is 389 g/mol. The monoisotopic (exact) mass is 389 g/mol. The molecule has 1 aromatic rings. The number of primary amides is 1. The predicted octanol–water partition coefficient (Wildman–Crippen LogP) is 1.84. The van der Waals surface area contributed by atoms with Crippen molar-refractivity contribution in [2.24, 2.45) is 11.7 Å². The molecule has 0 radical (unpaired) electrons. The third-order valence-electron chi connectivity index (χ3n) is 4.52. The second-order valence-corrected chi connectivity index (χ2v) is 7.00. The topological polar surface area (TPSA) is 118 Å². The van der Waals surface area contributed by atoms with Crippen LogP contribution < -0.4 is 16.4 Å². The number of ketones is 1. The van der Waals surface area contributed by atoms with Crippen LogP contribution in [0.15, 0.2) is 30.3 Å². The van der Waals surface area contributed by atoms with Gasteiger partial charge in [-0.3, -0.25) is 19.2 Å². The SMILES string of the molecule is CCCCC[C@H](NC(=O)[C@@H](C)CCC(N)=O)C(=O)C(=O)NCc1ccccc1. The van der Waals surface area contributed by atoms with E-state index in [4.69, 9.17) is 5.73 Å². The highest BCUT2D eigenvalue weighted by Gasteiger charge is 2.27. The number of benzene rings is 1. The van der Waals surface area contributed by atoms with Gasteiger partial charge < -0.3 is 16.4 Å². The van der Waals surface area contributed by atoms with Crippen LogP contribution in [0.4, 0.5) is 0 Å². The molecule has 0 saturated heterocycles. The molecule has 4 N–H and O–H groups in total. The zero-order valence-corrected chi connectivity index (χ0v) is 16.7. The van der Waals surface area contributed by atoms with E-state index in [1.807, 2.05) is 37.3 Å². The number of hydrogen-bond donors (Lipinski definition) is 3. The molecule has 0 fully saturated rings. The van der Waals surface area contributed by atoms with Crippen LogP contribution in [0.5, 0.6) is 0 Å². The fourth-order valence-corrected chi connectivity index (χ4v) is 2.69. The van der Waals surface area contributed by atoms with E-state index in [-0.39, 0.29) is 18.9 Å². The minimum Gasteiger partial charge on any atom is -0.370 e. The first-order valence-electron chi connectivity index (χ1n) is 9.79. The molecule has 0 aromatic heterocycles. The maximum absolute atomic E-state index is 12.6. The number of nitrogens with two attached hydrogens (primary N) is 1. The number of rotatable bonds is 13. The molecule has 7 heteroatoms. The molecule has 2 atom stereocenters. The quantitative estimate of drug-likeness (QED) is 0.352. The van der Waals surface area contributed by atoms with Gasteiger partial charge in [0.05, 0.1) is 6.04 Å². The van der Waals surface area contributed by atoms with Crippen LogP contribution in [0.3, 0.4) is 0 Å². The molecule has 0 unspecified atom stereocenters. The molecule has 0 heterocycles. The Morgan fingerprint density at radius 2 is 1.71 bits per heavy atom. The molecule has 0 bridgehead atoms. The fourth-order valence-electron chi connectivity index (χ4n) is 2.69. The molecule has 154 valence electrons. The van der Waals surface area contributed by atoms with Crippen LogP contribution >= 0.6 is 0 Å². The Morgan fingerprint density at radius 1 is 1.04 bits per heavy atom. The third-order valence-corrected chi connectivity index (χ3v) is 4.52. The summed E-state index contributed by atoms with van der Waals surface area (Å²) in [5.74, 6) is -2.67. The van der Waals surface area contributed by atoms with Gasteiger partial charge in [0.1, 0.15) is 0 Å². The maximum Gasteiger partial charge on any atom is 0.289 e. The van der Waals surface area contributed by atoms with Crippen molar-refractivity contribution in [2.45, 2.75) is 65.0 Å². The van der Waals surface area contributed by atoms with Gasteiger partial charge in [0.25, 0.3) is 5.91 Å². The van der Waals surface area contributed by atoms with E-state index in [0.717, 1.165) is 24.8 Å². The minimum absolute atomic E-state index is 0.0978. The summed E-state index contributed by atoms with van der Waals surface area (Å²) in [4.78, 5) is 48.1. The van der Waals surface area contributed by atoms with Gasteiger partial charge in [-0.1, -0.05) is 63.4 Å². The van der Waals surface area contributed by atoms with Crippen molar-refractivity contribution in [1.29, 1.82) is 0 Å². The Bertz CT molecular complexity index is 661. The van der Waals surface area contributed by atoms with Crippen LogP contribution in [0, 0.1) is 5.92 Å². The summed E-state index contributed by atoms with van der Waals surface area (Å²) in [6.07, 6.45) is 3.40. The summed E-state index contributed by atoms with van der Waals surface area (Å²) < 4.78 is 0. The van der Waals surface area contributed by atoms with Gasteiger partial charge in [0, 0.05) is 18.9 Å². The normalized spacial score (nSPS) is 12.6. The highest BCUT2D eigenvalue weighted by molar-refractivity contribution is 6.38. The van der Waals surface area contributed by atoms with Crippen LogP contribution in [0.2, 0.25) is 0 Å². The second kappa shape index (κ2) is 12.6. The Morgan fingerprint density at radius 3 is 2.32 bits per heavy atom. The maximum atomic E-state index is 12.6. The largest absolute Gasteiger partial charge is 0.370 e. The van der Waals surface area contributed by atoms with E-state index in [0.29, 0.717) is 12.8 Å². The van der Waals surface area contributed by atoms with Crippen molar-refractivity contribution in [2.75, 3.05) is 0 Å². The van der Waals surface area contributed by atoms with Crippen molar-refractivity contribution >= 4 is 23.5 Å². The Kier molecular flexibility index (Phi) is 10.5. The van der Waals surface area contributed by atoms with Gasteiger partial charge in [-0.05, 0) is 18.4 Å². The van der Waals surface area contributed by atoms with Crippen LogP contribution in [-0.2, 0) is 25.7 Å². The van der Waals surface area contributed by atoms with Gasteiger partial charge in [0.15, 0.2) is 0 Å². The lowest BCUT2D eigenvalue weighted by atomic mass is 10.0. The predicted molar refractivity (Wildman–Crippen MR) is 107 cm³/mol. The molecule has 7 nitrogen and oxygen atoms in total. The summed E-state index contributed by atoms with van der Waals surface area (Å²) in [7, 11) is 0. The zero-order valence-electron chi connectivity index (χ0n) is 16.7. The highest BCUT2D eigenvalue weighted by atomic mass is 16.2. The zero-order chi connectivity index (χ0) is 20.9. The summed E-state index contributed by atoms with van der Waals surface area (Å²) in [5.41, 5.74) is 6.00. The van der Waals surface area contributed by atoms with E-state index in [2.05, 4.69) is 10.6 Å². The van der Waals surface area contributed by atoms with Gasteiger partial charge >= 0.3 is 0 Å². The lowest BCUT2D eigenvalue weighted by Crippen LogP contribution is -2.48. The molecule has 0 aliphatic rings. The number of unbranched alkanes of at least 4 members (excludes halogenated alkanes) is 2. The summed E-state index contributed by atoms with van der Waals surface area (Å²) in [6.45, 7) is 3.95. The highest BCUT2D eigenvalue weighted by Crippen LogP contribution is 2.09. The molecule has 1 aromatic carbocycles. The van der Waals surface area contributed by atoms with E-state index in [1.54, 1.807) is 6.92 Å². The number of Topliss-reactive ketones (excluding diaryl/α,β-unsaturated/α-hetero) is 1. The Hall–Kier alpha value is -2.70. The van der Waals surface area contributed by atoms with Gasteiger partial charge in [-0.2, -0.15) is 0 Å². The first-order chi connectivity index (χ1) is 13.3. The number of carbonyl (C=O) groups excluding carboxylic acids is 4. The molecule has 3 amide bonds. The third kappa shape index (κ3) is 8.79. The molecule has 1 rings (SSSR count). The fraction of sp³-hybridized carbons (Fsp3) is 0.524. The summed E-state index contributed by atoms with van der Waals surface area (Å²) in [5, 5.41) is 5.29. The van der Waals surface area contributed by atoms with Crippen molar-refractivity contribution in [1.82, 2.24) is 10.6 Å². The molecule has 0 aliphatic heterocycles. The molecule has 0 saturated carbocycles. The Balaban J connectivity index is 2.66. The Labute approximate surface area is 166 Å². The van der Waals surface area contributed by atoms with E-state index in [1.165, 1.54) is 0 Å². The van der Waals surface area contributed by atoms with Gasteiger partial charge in [0.2, 0.25) is 17.6 Å². The molecular formula is C21H31N3O4. The number of nitrogens with one attached hydrogen (secondary N) is 2. The first-order valence-corrected chi connectivity index (χ1v) is 9.79. The molecule has 0 aliphatic carbocycles. The standard InChI is InChI=1S/C21H31N3O4/c1-3-4-6-11-17(24-20(27)15(2)12-13-18(22)25)19(26)21(28)23-14-16-9-7-5-8-10-16/h5,7-10,15,17H,3-4,6,11-14H2,1-2H3,(H2,22,25)(H,23,28)(H,24,27)/t15-,17-/m0/s1. The van der Waals surface area contributed by atoms with E-state index in [9.17, 15) is 19.2 Å². The van der Waals surface area contributed by atoms with Crippen molar-refractivity contribution in [3.63, 3.8) is 0 Å². The van der Waals surface area contributed by atoms with Crippen molar-refractivity contribution < 1.29 is 19.2 Å². The van der Waals surface area contributed by atoms with Crippen molar-refractivity contribution in [3.8, 4) is 0 Å². The lowest BCUT2D eigenvalue weighted by Gasteiger charge is -2.20. The minimum atomic E-state index is -0.870. The number of carbonyl (C=O) groups is 4. The van der Waals surface area contributed by atoms with Crippen LogP contribution in [0.25, 0.3) is 0 Å². The molecule has 0 spiro atoms. The smallest absolute Gasteiger partial charge is 0.289 e. The van der Waals surface area contributed by atoms with E-state index < -0.39 is 29.6 Å². The number of hydrogen-bond acceptors (Lipinski definition) is 4. The second-order valence-electron chi connectivity index (χ2n) is 7.00. The molecular weight excluding hydrogens is 358 g/mol. The summed E-state index contributed by atoms with van der Waals surface area (Å²) >= 11 is 0. The lowest BCUT2D eigenvalue weighted by molar-refractivity contribution is -0.140. The number of amides is 3. The average Bonchev–Trinajstić information content (AvgIpc) is 2.69. The van der Waals surface area contributed by atoms with Crippen LogP contribution in [0.1, 0.15) is 57.9 Å². The van der Waals surface area contributed by atoms with Crippen molar-refractivity contribution in [3.05, 3.63) is 35.9 Å². The molecule has 28 heavy (non-hydrogen) atoms. The van der Waals surface area contributed by atoms with E-state index >= 15 is 0 Å². The van der Waals surface area contributed by atoms with Gasteiger partial charge in [-0.25, -0.2) is 0 Å². The van der Waals surface area contributed by atoms with Gasteiger partial charge in [-0.15, -0.1) is 0 Å².